The fourth-order valence-corrected chi connectivity index (χ4v) is 1.52. The highest BCUT2D eigenvalue weighted by Gasteiger charge is 2.00. The molecule has 0 aromatic rings. The van der Waals surface area contributed by atoms with E-state index in [4.69, 9.17) is 4.74 Å². The first-order chi connectivity index (χ1) is 10.1. The van der Waals surface area contributed by atoms with Gasteiger partial charge in [0, 0.05) is 20.0 Å². The number of carbonyl (C=O) groups is 2. The van der Waals surface area contributed by atoms with Crippen LogP contribution in [0.2, 0.25) is 0 Å². The fraction of sp³-hybridized carbons (Fsp3) is 0.529. The molecule has 0 rings (SSSR count). The molecule has 0 aromatic carbocycles. The van der Waals surface area contributed by atoms with Gasteiger partial charge in [-0.05, 0) is 25.8 Å². The molecule has 0 saturated heterocycles. The second-order valence-electron chi connectivity index (χ2n) is 4.67. The van der Waals surface area contributed by atoms with Crippen molar-refractivity contribution in [1.82, 2.24) is 0 Å². The molecule has 0 fully saturated rings. The summed E-state index contributed by atoms with van der Waals surface area (Å²) in [7, 11) is 3.04. The van der Waals surface area contributed by atoms with Crippen LogP contribution >= 0.6 is 0 Å². The van der Waals surface area contributed by atoms with Crippen LogP contribution in [0.4, 0.5) is 0 Å². The highest BCUT2D eigenvalue weighted by Crippen LogP contribution is 2.04. The number of ketones is 1. The summed E-state index contributed by atoms with van der Waals surface area (Å²) in [5.41, 5.74) is 0. The normalized spacial score (nSPS) is 13.3. The van der Waals surface area contributed by atoms with Gasteiger partial charge < -0.3 is 9.47 Å². The summed E-state index contributed by atoms with van der Waals surface area (Å²) in [6, 6.07) is 0. The van der Waals surface area contributed by atoms with Crippen LogP contribution < -0.4 is 0 Å². The Morgan fingerprint density at radius 2 is 1.62 bits per heavy atom. The molecule has 0 aliphatic carbocycles. The minimum atomic E-state index is -0.192. The number of unbranched alkanes of at least 4 members (excludes halogenated alkanes) is 2. The van der Waals surface area contributed by atoms with Crippen LogP contribution in [0.5, 0.6) is 0 Å². The predicted octanol–water partition coefficient (Wildman–Crippen LogP) is 3.38. The third-order valence-electron chi connectivity index (χ3n) is 2.90. The summed E-state index contributed by atoms with van der Waals surface area (Å²) in [6.45, 7) is 1.95. The van der Waals surface area contributed by atoms with Gasteiger partial charge in [0.15, 0.2) is 5.78 Å². The van der Waals surface area contributed by atoms with E-state index in [9.17, 15) is 9.59 Å². The number of ether oxygens (including phenoxy) is 2. The topological polar surface area (TPSA) is 52.6 Å². The number of rotatable bonds is 11. The molecular weight excluding hydrogens is 268 g/mol. The van der Waals surface area contributed by atoms with Gasteiger partial charge in [-0.1, -0.05) is 36.8 Å². The van der Waals surface area contributed by atoms with Crippen molar-refractivity contribution < 1.29 is 19.1 Å². The molecule has 0 spiro atoms. The molecule has 0 saturated carbocycles. The van der Waals surface area contributed by atoms with Crippen molar-refractivity contribution in [3.8, 4) is 0 Å². The van der Waals surface area contributed by atoms with E-state index in [1.807, 2.05) is 31.2 Å². The lowest BCUT2D eigenvalue weighted by molar-refractivity contribution is -0.140. The maximum absolute atomic E-state index is 11.5. The van der Waals surface area contributed by atoms with E-state index in [1.165, 1.54) is 7.11 Å². The summed E-state index contributed by atoms with van der Waals surface area (Å²) >= 11 is 0. The standard InChI is InChI=1S/C17H26O4/c1-15(20-2)11-7-4-5-8-12-16(18)13-9-6-10-14-17(19)21-3/h4-5,7-8,11-12,15H,6,9-10,13-14H2,1-3H3. The monoisotopic (exact) mass is 294 g/mol. The van der Waals surface area contributed by atoms with Gasteiger partial charge in [-0.2, -0.15) is 0 Å². The zero-order valence-electron chi connectivity index (χ0n) is 13.2. The first-order valence-electron chi connectivity index (χ1n) is 7.24. The van der Waals surface area contributed by atoms with Crippen molar-refractivity contribution in [2.24, 2.45) is 0 Å². The summed E-state index contributed by atoms with van der Waals surface area (Å²) in [5.74, 6) is -0.0887. The summed E-state index contributed by atoms with van der Waals surface area (Å²) in [5, 5.41) is 0. The Balaban J connectivity index is 3.69. The molecule has 0 aromatic heterocycles. The van der Waals surface area contributed by atoms with Gasteiger partial charge in [-0.15, -0.1) is 0 Å². The summed E-state index contributed by atoms with van der Waals surface area (Å²) < 4.78 is 9.61. The van der Waals surface area contributed by atoms with Gasteiger partial charge in [-0.25, -0.2) is 0 Å². The molecule has 0 radical (unpaired) electrons. The van der Waals surface area contributed by atoms with Crippen LogP contribution in [-0.4, -0.2) is 32.1 Å². The van der Waals surface area contributed by atoms with Crippen molar-refractivity contribution in [1.29, 1.82) is 0 Å². The molecule has 0 aliphatic heterocycles. The Bertz CT molecular complexity index is 380. The van der Waals surface area contributed by atoms with Crippen LogP contribution in [0.3, 0.4) is 0 Å². The quantitative estimate of drug-likeness (QED) is 0.254. The third kappa shape index (κ3) is 13.1. The largest absolute Gasteiger partial charge is 0.469 e. The SMILES string of the molecule is COC(=O)CCCCCC(=O)C=CC=CC=CC(C)OC. The van der Waals surface area contributed by atoms with Gasteiger partial charge in [0.25, 0.3) is 0 Å². The summed E-state index contributed by atoms with van der Waals surface area (Å²) in [6.07, 6.45) is 14.3. The van der Waals surface area contributed by atoms with E-state index in [2.05, 4.69) is 4.74 Å². The van der Waals surface area contributed by atoms with Gasteiger partial charge in [0.2, 0.25) is 0 Å². The Morgan fingerprint density at radius 1 is 0.952 bits per heavy atom. The number of carbonyl (C=O) groups excluding carboxylic acids is 2. The van der Waals surface area contributed by atoms with E-state index in [0.717, 1.165) is 19.3 Å². The molecule has 0 N–H and O–H groups in total. The molecule has 0 heterocycles. The second kappa shape index (κ2) is 13.3. The maximum atomic E-state index is 11.5. The lowest BCUT2D eigenvalue weighted by Crippen LogP contribution is -1.99. The maximum Gasteiger partial charge on any atom is 0.305 e. The molecule has 0 aliphatic rings. The van der Waals surface area contributed by atoms with Crippen LogP contribution in [0.25, 0.3) is 0 Å². The van der Waals surface area contributed by atoms with Crippen molar-refractivity contribution >= 4 is 11.8 Å². The van der Waals surface area contributed by atoms with Crippen molar-refractivity contribution in [3.63, 3.8) is 0 Å². The first kappa shape index (κ1) is 19.3. The lowest BCUT2D eigenvalue weighted by atomic mass is 10.1. The number of methoxy groups -OCH3 is 2. The van der Waals surface area contributed by atoms with Crippen LogP contribution in [0.1, 0.15) is 39.0 Å². The number of hydrogen-bond donors (Lipinski definition) is 0. The Morgan fingerprint density at radius 3 is 2.29 bits per heavy atom. The minimum Gasteiger partial charge on any atom is -0.469 e. The Hall–Kier alpha value is -1.68. The van der Waals surface area contributed by atoms with E-state index in [-0.39, 0.29) is 17.9 Å². The predicted molar refractivity (Wildman–Crippen MR) is 84.0 cm³/mol. The zero-order chi connectivity index (χ0) is 15.9. The van der Waals surface area contributed by atoms with E-state index in [1.54, 1.807) is 19.3 Å². The molecule has 0 amide bonds. The van der Waals surface area contributed by atoms with Gasteiger partial charge in [0.1, 0.15) is 0 Å². The average Bonchev–Trinajstić information content (AvgIpc) is 2.49. The average molecular weight is 294 g/mol. The number of esters is 1. The molecule has 4 heteroatoms. The molecule has 118 valence electrons. The van der Waals surface area contributed by atoms with Crippen molar-refractivity contribution in [2.75, 3.05) is 14.2 Å². The van der Waals surface area contributed by atoms with Crippen LogP contribution in [0.15, 0.2) is 36.5 Å². The van der Waals surface area contributed by atoms with Crippen molar-refractivity contribution in [3.05, 3.63) is 36.5 Å². The van der Waals surface area contributed by atoms with E-state index < -0.39 is 0 Å². The van der Waals surface area contributed by atoms with E-state index in [0.29, 0.717) is 12.8 Å². The van der Waals surface area contributed by atoms with Crippen molar-refractivity contribution in [2.45, 2.75) is 45.1 Å². The first-order valence-corrected chi connectivity index (χ1v) is 7.24. The lowest BCUT2D eigenvalue weighted by Gasteiger charge is -1.99. The van der Waals surface area contributed by atoms with Gasteiger partial charge in [-0.3, -0.25) is 9.59 Å². The number of allylic oxidation sites excluding steroid dienone is 5. The fourth-order valence-electron chi connectivity index (χ4n) is 1.52. The number of hydrogen-bond acceptors (Lipinski definition) is 4. The molecule has 1 atom stereocenters. The molecule has 21 heavy (non-hydrogen) atoms. The smallest absolute Gasteiger partial charge is 0.305 e. The van der Waals surface area contributed by atoms with Crippen LogP contribution in [0, 0.1) is 0 Å². The second-order valence-corrected chi connectivity index (χ2v) is 4.67. The molecule has 0 bridgehead atoms. The molecule has 1 unspecified atom stereocenters. The minimum absolute atomic E-state index is 0.0882. The Labute approximate surface area is 127 Å². The van der Waals surface area contributed by atoms with Gasteiger partial charge in [0.05, 0.1) is 13.2 Å². The van der Waals surface area contributed by atoms with E-state index >= 15 is 0 Å². The summed E-state index contributed by atoms with van der Waals surface area (Å²) in [4.78, 5) is 22.4. The van der Waals surface area contributed by atoms with Crippen LogP contribution in [-0.2, 0) is 19.1 Å². The highest BCUT2D eigenvalue weighted by atomic mass is 16.5. The zero-order valence-corrected chi connectivity index (χ0v) is 13.2. The molecule has 4 nitrogen and oxygen atoms in total. The Kier molecular flexibility index (Phi) is 12.2. The third-order valence-corrected chi connectivity index (χ3v) is 2.90. The highest BCUT2D eigenvalue weighted by molar-refractivity contribution is 5.89. The molecular formula is C17H26O4. The van der Waals surface area contributed by atoms with Gasteiger partial charge >= 0.3 is 5.97 Å².